The van der Waals surface area contributed by atoms with Gasteiger partial charge in [-0.25, -0.2) is 4.79 Å². The van der Waals surface area contributed by atoms with Crippen LogP contribution in [0.4, 0.5) is 4.79 Å². The second-order valence-corrected chi connectivity index (χ2v) is 5.57. The van der Waals surface area contributed by atoms with E-state index in [2.05, 4.69) is 13.8 Å². The van der Waals surface area contributed by atoms with Crippen LogP contribution >= 0.6 is 0 Å². The topological polar surface area (TPSA) is 40.5 Å². The molecule has 18 heavy (non-hydrogen) atoms. The van der Waals surface area contributed by atoms with Crippen LogP contribution in [0.3, 0.4) is 0 Å². The van der Waals surface area contributed by atoms with E-state index in [-0.39, 0.29) is 12.1 Å². The molecule has 0 spiro atoms. The summed E-state index contributed by atoms with van der Waals surface area (Å²) in [4.78, 5) is 13.4. The van der Waals surface area contributed by atoms with Gasteiger partial charge in [0.2, 0.25) is 0 Å². The van der Waals surface area contributed by atoms with E-state index in [4.69, 9.17) is 0 Å². The van der Waals surface area contributed by atoms with E-state index in [1.54, 1.807) is 4.90 Å². The molecular formula is C15H29NO2. The number of carboxylic acid groups (broad SMARTS) is 1. The molecule has 0 heterocycles. The second kappa shape index (κ2) is 8.39. The van der Waals surface area contributed by atoms with Crippen molar-refractivity contribution in [3.63, 3.8) is 0 Å². The maximum atomic E-state index is 11.6. The molecule has 106 valence electrons. The molecule has 1 rings (SSSR count). The van der Waals surface area contributed by atoms with Crippen molar-refractivity contribution in [2.75, 3.05) is 0 Å². The van der Waals surface area contributed by atoms with Crippen molar-refractivity contribution in [1.82, 2.24) is 4.90 Å². The highest BCUT2D eigenvalue weighted by Crippen LogP contribution is 2.27. The van der Waals surface area contributed by atoms with Crippen molar-refractivity contribution in [3.8, 4) is 0 Å². The first-order chi connectivity index (χ1) is 8.70. The van der Waals surface area contributed by atoms with Crippen molar-refractivity contribution in [2.45, 2.75) is 90.1 Å². The first-order valence-corrected chi connectivity index (χ1v) is 7.71. The largest absolute Gasteiger partial charge is 0.465 e. The van der Waals surface area contributed by atoms with Crippen LogP contribution < -0.4 is 0 Å². The van der Waals surface area contributed by atoms with E-state index in [0.717, 1.165) is 44.9 Å². The van der Waals surface area contributed by atoms with Crippen molar-refractivity contribution in [2.24, 2.45) is 0 Å². The van der Waals surface area contributed by atoms with Gasteiger partial charge in [-0.3, -0.25) is 0 Å². The Morgan fingerprint density at radius 2 is 1.83 bits per heavy atom. The quantitative estimate of drug-likeness (QED) is 0.719. The molecule has 1 aliphatic carbocycles. The molecule has 0 aromatic carbocycles. The van der Waals surface area contributed by atoms with Crippen LogP contribution in [-0.2, 0) is 0 Å². The Balaban J connectivity index is 2.67. The molecule has 1 atom stereocenters. The SMILES string of the molecule is CCCCC(CCC)N(C(=O)O)C1CCCCC1. The molecule has 0 aromatic heterocycles. The lowest BCUT2D eigenvalue weighted by Gasteiger charge is -2.38. The zero-order valence-electron chi connectivity index (χ0n) is 12.0. The molecule has 0 bridgehead atoms. The Kier molecular flexibility index (Phi) is 7.14. The first-order valence-electron chi connectivity index (χ1n) is 7.71. The lowest BCUT2D eigenvalue weighted by atomic mass is 9.91. The number of unbranched alkanes of at least 4 members (excludes halogenated alkanes) is 1. The van der Waals surface area contributed by atoms with Gasteiger partial charge in [-0.1, -0.05) is 52.4 Å². The van der Waals surface area contributed by atoms with Crippen molar-refractivity contribution in [3.05, 3.63) is 0 Å². The minimum atomic E-state index is -0.698. The highest BCUT2D eigenvalue weighted by atomic mass is 16.4. The van der Waals surface area contributed by atoms with Gasteiger partial charge >= 0.3 is 6.09 Å². The molecule has 3 heteroatoms. The molecule has 0 saturated heterocycles. The summed E-state index contributed by atoms with van der Waals surface area (Å²) in [5.41, 5.74) is 0. The van der Waals surface area contributed by atoms with Crippen LogP contribution in [0.25, 0.3) is 0 Å². The molecule has 0 aromatic rings. The average Bonchev–Trinajstić information content (AvgIpc) is 2.37. The Labute approximate surface area is 112 Å². The summed E-state index contributed by atoms with van der Waals surface area (Å²) in [6.07, 6.45) is 10.5. The third-order valence-electron chi connectivity index (χ3n) is 4.10. The lowest BCUT2D eigenvalue weighted by molar-refractivity contribution is 0.0765. The summed E-state index contributed by atoms with van der Waals surface area (Å²) in [6, 6.07) is 0.528. The van der Waals surface area contributed by atoms with E-state index >= 15 is 0 Å². The van der Waals surface area contributed by atoms with Gasteiger partial charge in [-0.15, -0.1) is 0 Å². The van der Waals surface area contributed by atoms with Crippen LogP contribution in [0, 0.1) is 0 Å². The maximum absolute atomic E-state index is 11.6. The third-order valence-corrected chi connectivity index (χ3v) is 4.10. The Morgan fingerprint density at radius 1 is 1.17 bits per heavy atom. The molecule has 1 amide bonds. The molecule has 1 unspecified atom stereocenters. The Bertz CT molecular complexity index is 237. The predicted molar refractivity (Wildman–Crippen MR) is 75.0 cm³/mol. The minimum Gasteiger partial charge on any atom is -0.465 e. The van der Waals surface area contributed by atoms with E-state index < -0.39 is 6.09 Å². The molecule has 3 nitrogen and oxygen atoms in total. The van der Waals surface area contributed by atoms with Crippen LogP contribution in [0.1, 0.15) is 78.1 Å². The molecule has 0 radical (unpaired) electrons. The number of nitrogens with zero attached hydrogens (tertiary/aromatic N) is 1. The van der Waals surface area contributed by atoms with E-state index in [9.17, 15) is 9.90 Å². The van der Waals surface area contributed by atoms with Crippen LogP contribution in [0.2, 0.25) is 0 Å². The molecule has 1 aliphatic rings. The molecule has 1 fully saturated rings. The maximum Gasteiger partial charge on any atom is 0.407 e. The van der Waals surface area contributed by atoms with E-state index in [1.165, 1.54) is 19.3 Å². The summed E-state index contributed by atoms with van der Waals surface area (Å²) >= 11 is 0. The van der Waals surface area contributed by atoms with Crippen molar-refractivity contribution in [1.29, 1.82) is 0 Å². The van der Waals surface area contributed by atoms with Gasteiger partial charge in [0.25, 0.3) is 0 Å². The van der Waals surface area contributed by atoms with Gasteiger partial charge in [0, 0.05) is 12.1 Å². The van der Waals surface area contributed by atoms with Crippen molar-refractivity contribution < 1.29 is 9.90 Å². The lowest BCUT2D eigenvalue weighted by Crippen LogP contribution is -2.47. The number of hydrogen-bond acceptors (Lipinski definition) is 1. The van der Waals surface area contributed by atoms with Gasteiger partial charge in [-0.2, -0.15) is 0 Å². The molecule has 0 aliphatic heterocycles. The summed E-state index contributed by atoms with van der Waals surface area (Å²) in [5, 5.41) is 9.55. The Hall–Kier alpha value is -0.730. The molecular weight excluding hydrogens is 226 g/mol. The highest BCUT2D eigenvalue weighted by Gasteiger charge is 2.30. The normalized spacial score (nSPS) is 18.6. The average molecular weight is 255 g/mol. The fourth-order valence-corrected chi connectivity index (χ4v) is 3.17. The monoisotopic (exact) mass is 255 g/mol. The third kappa shape index (κ3) is 4.51. The number of rotatable bonds is 7. The van der Waals surface area contributed by atoms with Crippen molar-refractivity contribution >= 4 is 6.09 Å². The summed E-state index contributed by atoms with van der Waals surface area (Å²) in [6.45, 7) is 4.33. The van der Waals surface area contributed by atoms with Crippen LogP contribution in [-0.4, -0.2) is 28.2 Å². The zero-order valence-corrected chi connectivity index (χ0v) is 12.0. The summed E-state index contributed by atoms with van der Waals surface area (Å²) in [7, 11) is 0. The summed E-state index contributed by atoms with van der Waals surface area (Å²) in [5.74, 6) is 0. The first kappa shape index (κ1) is 15.3. The zero-order chi connectivity index (χ0) is 13.4. The van der Waals surface area contributed by atoms with E-state index in [1.807, 2.05) is 0 Å². The predicted octanol–water partition coefficient (Wildman–Crippen LogP) is 4.66. The van der Waals surface area contributed by atoms with Gasteiger partial charge in [0.1, 0.15) is 0 Å². The molecule has 1 N–H and O–H groups in total. The highest BCUT2D eigenvalue weighted by molar-refractivity contribution is 5.66. The van der Waals surface area contributed by atoms with Gasteiger partial charge in [-0.05, 0) is 25.7 Å². The summed E-state index contributed by atoms with van der Waals surface area (Å²) < 4.78 is 0. The van der Waals surface area contributed by atoms with Gasteiger partial charge in [0.15, 0.2) is 0 Å². The number of amides is 1. The van der Waals surface area contributed by atoms with Crippen LogP contribution in [0.15, 0.2) is 0 Å². The molecule has 1 saturated carbocycles. The van der Waals surface area contributed by atoms with E-state index in [0.29, 0.717) is 0 Å². The number of carbonyl (C=O) groups is 1. The Morgan fingerprint density at radius 3 is 2.33 bits per heavy atom. The fraction of sp³-hybridized carbons (Fsp3) is 0.933. The fourth-order valence-electron chi connectivity index (χ4n) is 3.17. The number of hydrogen-bond donors (Lipinski definition) is 1. The standard InChI is InChI=1S/C15H29NO2/c1-3-5-10-13(9-4-2)16(15(17)18)14-11-7-6-8-12-14/h13-14H,3-12H2,1-2H3,(H,17,18). The van der Waals surface area contributed by atoms with Crippen LogP contribution in [0.5, 0.6) is 0 Å². The second-order valence-electron chi connectivity index (χ2n) is 5.57. The minimum absolute atomic E-state index is 0.246. The smallest absolute Gasteiger partial charge is 0.407 e. The van der Waals surface area contributed by atoms with Gasteiger partial charge < -0.3 is 10.0 Å². The van der Waals surface area contributed by atoms with Gasteiger partial charge in [0.05, 0.1) is 0 Å².